The van der Waals surface area contributed by atoms with Crippen LogP contribution in [0.25, 0.3) is 5.82 Å². The summed E-state index contributed by atoms with van der Waals surface area (Å²) in [6.45, 7) is 0. The van der Waals surface area contributed by atoms with Crippen LogP contribution in [0.5, 0.6) is 0 Å². The van der Waals surface area contributed by atoms with Gasteiger partial charge in [-0.1, -0.05) is 23.2 Å². The first-order valence-corrected chi connectivity index (χ1v) is 4.90. The molecule has 82 valence electrons. The van der Waals surface area contributed by atoms with Gasteiger partial charge in [0.1, 0.15) is 12.0 Å². The van der Waals surface area contributed by atoms with E-state index < -0.39 is 5.97 Å². The van der Waals surface area contributed by atoms with E-state index in [1.54, 1.807) is 0 Å². The molecule has 0 unspecified atom stereocenters. The molecule has 0 aromatic carbocycles. The highest BCUT2D eigenvalue weighted by atomic mass is 35.5. The molecular formula is C9H4Cl2N3O2-. The van der Waals surface area contributed by atoms with E-state index in [1.165, 1.54) is 29.4 Å². The molecule has 2 heterocycles. The number of rotatable bonds is 2. The molecule has 0 amide bonds. The molecule has 7 heteroatoms. The van der Waals surface area contributed by atoms with E-state index in [-0.39, 0.29) is 5.69 Å². The van der Waals surface area contributed by atoms with Crippen molar-refractivity contribution >= 4 is 29.2 Å². The molecule has 2 aromatic rings. The lowest BCUT2D eigenvalue weighted by Gasteiger charge is -2.03. The molecule has 2 aromatic heterocycles. The first kappa shape index (κ1) is 10.9. The summed E-state index contributed by atoms with van der Waals surface area (Å²) in [5.41, 5.74) is -0.187. The number of aromatic nitrogens is 3. The largest absolute Gasteiger partial charge is 0.543 e. The van der Waals surface area contributed by atoms with E-state index in [2.05, 4.69) is 9.97 Å². The Morgan fingerprint density at radius 2 is 2.12 bits per heavy atom. The van der Waals surface area contributed by atoms with Crippen LogP contribution in [0.1, 0.15) is 10.5 Å². The SMILES string of the molecule is O=C([O-])c1cn(-c2ncc(Cl)cc2Cl)cn1. The number of imidazole rings is 1. The molecule has 2 rings (SSSR count). The minimum absolute atomic E-state index is 0.187. The van der Waals surface area contributed by atoms with Crippen LogP contribution in [0.4, 0.5) is 0 Å². The van der Waals surface area contributed by atoms with Crippen LogP contribution in [0.3, 0.4) is 0 Å². The molecule has 0 bridgehead atoms. The summed E-state index contributed by atoms with van der Waals surface area (Å²) in [5, 5.41) is 11.2. The number of carboxylic acid groups (broad SMARTS) is 1. The number of hydrogen-bond acceptors (Lipinski definition) is 4. The molecule has 16 heavy (non-hydrogen) atoms. The van der Waals surface area contributed by atoms with Gasteiger partial charge < -0.3 is 9.90 Å². The van der Waals surface area contributed by atoms with E-state index in [1.807, 2.05) is 0 Å². The second-order valence-corrected chi connectivity index (χ2v) is 3.76. The normalized spacial score (nSPS) is 10.4. The molecule has 0 fully saturated rings. The van der Waals surface area contributed by atoms with Gasteiger partial charge in [0.25, 0.3) is 0 Å². The van der Waals surface area contributed by atoms with Gasteiger partial charge in [-0.05, 0) is 6.07 Å². The van der Waals surface area contributed by atoms with Crippen molar-refractivity contribution in [2.45, 2.75) is 0 Å². The molecule has 0 spiro atoms. The zero-order valence-electron chi connectivity index (χ0n) is 7.72. The first-order chi connectivity index (χ1) is 7.58. The van der Waals surface area contributed by atoms with E-state index in [0.29, 0.717) is 15.9 Å². The Bertz CT molecular complexity index is 553. The Hall–Kier alpha value is -1.59. The predicted molar refractivity (Wildman–Crippen MR) is 55.7 cm³/mol. The van der Waals surface area contributed by atoms with E-state index in [9.17, 15) is 9.90 Å². The molecule has 5 nitrogen and oxygen atoms in total. The van der Waals surface area contributed by atoms with Crippen molar-refractivity contribution in [2.24, 2.45) is 0 Å². The van der Waals surface area contributed by atoms with Gasteiger partial charge >= 0.3 is 0 Å². The smallest absolute Gasteiger partial charge is 0.156 e. The monoisotopic (exact) mass is 256 g/mol. The number of nitrogens with zero attached hydrogens (tertiary/aromatic N) is 3. The standard InChI is InChI=1S/C9H5Cl2N3O2/c10-5-1-6(11)8(12-2-5)14-3-7(9(15)16)13-4-14/h1-4H,(H,15,16)/p-1. The van der Waals surface area contributed by atoms with E-state index >= 15 is 0 Å². The Morgan fingerprint density at radius 1 is 1.38 bits per heavy atom. The van der Waals surface area contributed by atoms with Gasteiger partial charge in [0.2, 0.25) is 0 Å². The fourth-order valence-electron chi connectivity index (χ4n) is 1.14. The maximum atomic E-state index is 10.5. The topological polar surface area (TPSA) is 70.8 Å². The fourth-order valence-corrected chi connectivity index (χ4v) is 1.62. The van der Waals surface area contributed by atoms with Gasteiger partial charge in [-0.3, -0.25) is 4.57 Å². The number of carboxylic acids is 1. The quantitative estimate of drug-likeness (QED) is 0.802. The van der Waals surface area contributed by atoms with Crippen molar-refractivity contribution in [1.82, 2.24) is 14.5 Å². The average molecular weight is 257 g/mol. The first-order valence-electron chi connectivity index (χ1n) is 4.14. The van der Waals surface area contributed by atoms with Crippen molar-refractivity contribution in [1.29, 1.82) is 0 Å². The second-order valence-electron chi connectivity index (χ2n) is 2.91. The molecule has 0 saturated heterocycles. The van der Waals surface area contributed by atoms with E-state index in [4.69, 9.17) is 23.2 Å². The molecule has 0 atom stereocenters. The van der Waals surface area contributed by atoms with Crippen molar-refractivity contribution in [3.05, 3.63) is 40.5 Å². The predicted octanol–water partition coefficient (Wildman–Crippen LogP) is 0.938. The average Bonchev–Trinajstić information content (AvgIpc) is 2.66. The van der Waals surface area contributed by atoms with Crippen LogP contribution < -0.4 is 5.11 Å². The third kappa shape index (κ3) is 2.00. The van der Waals surface area contributed by atoms with Gasteiger partial charge in [0.05, 0.1) is 16.0 Å². The van der Waals surface area contributed by atoms with Crippen molar-refractivity contribution < 1.29 is 9.90 Å². The molecule has 0 aliphatic heterocycles. The van der Waals surface area contributed by atoms with Crippen LogP contribution in [-0.4, -0.2) is 20.5 Å². The highest BCUT2D eigenvalue weighted by molar-refractivity contribution is 6.35. The summed E-state index contributed by atoms with van der Waals surface area (Å²) in [4.78, 5) is 18.1. The molecule has 0 radical (unpaired) electrons. The zero-order chi connectivity index (χ0) is 11.7. The van der Waals surface area contributed by atoms with Crippen molar-refractivity contribution in [2.75, 3.05) is 0 Å². The third-order valence-corrected chi connectivity index (χ3v) is 2.31. The van der Waals surface area contributed by atoms with Gasteiger partial charge in [-0.2, -0.15) is 0 Å². The van der Waals surface area contributed by atoms with Gasteiger partial charge in [0.15, 0.2) is 5.82 Å². The van der Waals surface area contributed by atoms with Crippen LogP contribution in [0.15, 0.2) is 24.8 Å². The maximum Gasteiger partial charge on any atom is 0.156 e. The number of aromatic carboxylic acids is 1. The number of carbonyl (C=O) groups is 1. The van der Waals surface area contributed by atoms with Gasteiger partial charge in [-0.15, -0.1) is 0 Å². The lowest BCUT2D eigenvalue weighted by Crippen LogP contribution is -2.22. The van der Waals surface area contributed by atoms with Crippen LogP contribution in [0, 0.1) is 0 Å². The molecule has 0 aliphatic carbocycles. The summed E-state index contributed by atoms with van der Waals surface area (Å²) in [6, 6.07) is 1.50. The van der Waals surface area contributed by atoms with Crippen molar-refractivity contribution in [3.8, 4) is 5.82 Å². The highest BCUT2D eigenvalue weighted by Crippen LogP contribution is 2.21. The number of hydrogen-bond donors (Lipinski definition) is 0. The van der Waals surface area contributed by atoms with Crippen LogP contribution in [-0.2, 0) is 0 Å². The Kier molecular flexibility index (Phi) is 2.80. The van der Waals surface area contributed by atoms with Gasteiger partial charge in [0, 0.05) is 12.4 Å². The molecule has 0 N–H and O–H groups in total. The summed E-state index contributed by atoms with van der Waals surface area (Å²) in [6.07, 6.45) is 3.95. The van der Waals surface area contributed by atoms with Crippen LogP contribution >= 0.6 is 23.2 Å². The van der Waals surface area contributed by atoms with Gasteiger partial charge in [-0.25, -0.2) is 9.97 Å². The summed E-state index contributed by atoms with van der Waals surface area (Å²) < 4.78 is 1.38. The summed E-state index contributed by atoms with van der Waals surface area (Å²) >= 11 is 11.6. The number of pyridine rings is 1. The van der Waals surface area contributed by atoms with Crippen LogP contribution in [0.2, 0.25) is 10.0 Å². The lowest BCUT2D eigenvalue weighted by molar-refractivity contribution is -0.255. The van der Waals surface area contributed by atoms with E-state index in [0.717, 1.165) is 0 Å². The minimum atomic E-state index is -1.36. The Morgan fingerprint density at radius 3 is 2.69 bits per heavy atom. The third-order valence-electron chi connectivity index (χ3n) is 1.82. The molecule has 0 saturated carbocycles. The lowest BCUT2D eigenvalue weighted by atomic mass is 10.4. The maximum absolute atomic E-state index is 10.5. The number of carbonyl (C=O) groups excluding carboxylic acids is 1. The Balaban J connectivity index is 2.46. The molecular weight excluding hydrogens is 253 g/mol. The van der Waals surface area contributed by atoms with Crippen molar-refractivity contribution in [3.63, 3.8) is 0 Å². The second kappa shape index (κ2) is 4.11. The summed E-state index contributed by atoms with van der Waals surface area (Å²) in [7, 11) is 0. The fraction of sp³-hybridized carbons (Fsp3) is 0. The molecule has 0 aliphatic rings. The summed E-state index contributed by atoms with van der Waals surface area (Å²) in [5.74, 6) is -1.00. The Labute approximate surface area is 100 Å². The number of halogens is 2. The zero-order valence-corrected chi connectivity index (χ0v) is 9.24. The minimum Gasteiger partial charge on any atom is -0.543 e. The highest BCUT2D eigenvalue weighted by Gasteiger charge is 2.07.